The molecule has 2 rings (SSSR count). The summed E-state index contributed by atoms with van der Waals surface area (Å²) in [4.78, 5) is 4.41. The van der Waals surface area contributed by atoms with Crippen molar-refractivity contribution in [2.45, 2.75) is 39.8 Å². The first-order valence-corrected chi connectivity index (χ1v) is 6.21. The molecular formula is C13H20N4O. The van der Waals surface area contributed by atoms with E-state index in [2.05, 4.69) is 22.3 Å². The fourth-order valence-electron chi connectivity index (χ4n) is 2.17. The van der Waals surface area contributed by atoms with Crippen LogP contribution in [0.5, 0.6) is 0 Å². The molecule has 2 atom stereocenters. The minimum absolute atomic E-state index is 0.0643. The third-order valence-corrected chi connectivity index (χ3v) is 3.16. The summed E-state index contributed by atoms with van der Waals surface area (Å²) in [7, 11) is 0. The van der Waals surface area contributed by atoms with Crippen LogP contribution in [0.2, 0.25) is 0 Å². The number of hydrogen-bond acceptors (Lipinski definition) is 4. The number of rotatable bonds is 4. The molecule has 98 valence electrons. The van der Waals surface area contributed by atoms with Crippen molar-refractivity contribution in [2.75, 3.05) is 6.61 Å². The highest BCUT2D eigenvalue weighted by molar-refractivity contribution is 5.42. The van der Waals surface area contributed by atoms with Crippen LogP contribution in [-0.2, 0) is 0 Å². The lowest BCUT2D eigenvalue weighted by molar-refractivity contribution is 0.243. The van der Waals surface area contributed by atoms with Crippen molar-refractivity contribution >= 4 is 5.65 Å². The van der Waals surface area contributed by atoms with Crippen molar-refractivity contribution in [3.05, 3.63) is 29.2 Å². The number of nitrogens with zero attached hydrogens (tertiary/aromatic N) is 3. The van der Waals surface area contributed by atoms with Crippen molar-refractivity contribution in [2.24, 2.45) is 0 Å². The molecular weight excluding hydrogens is 228 g/mol. The van der Waals surface area contributed by atoms with Gasteiger partial charge in [-0.2, -0.15) is 5.10 Å². The van der Waals surface area contributed by atoms with Crippen molar-refractivity contribution in [1.29, 1.82) is 0 Å². The molecule has 0 saturated heterocycles. The van der Waals surface area contributed by atoms with E-state index in [1.165, 1.54) is 0 Å². The van der Waals surface area contributed by atoms with Gasteiger partial charge in [0.1, 0.15) is 0 Å². The average Bonchev–Trinajstić information content (AvgIpc) is 2.70. The summed E-state index contributed by atoms with van der Waals surface area (Å²) in [6, 6.07) is 2.16. The lowest BCUT2D eigenvalue weighted by Gasteiger charge is -2.20. The van der Waals surface area contributed by atoms with Crippen LogP contribution in [0.4, 0.5) is 0 Å². The lowest BCUT2D eigenvalue weighted by Crippen LogP contribution is -2.32. The van der Waals surface area contributed by atoms with Gasteiger partial charge in [0.2, 0.25) is 0 Å². The molecule has 0 aromatic carbocycles. The van der Waals surface area contributed by atoms with Gasteiger partial charge in [-0.15, -0.1) is 0 Å². The molecule has 0 radical (unpaired) electrons. The van der Waals surface area contributed by atoms with Crippen LogP contribution in [-0.4, -0.2) is 32.4 Å². The molecule has 18 heavy (non-hydrogen) atoms. The molecule has 0 fully saturated rings. The Morgan fingerprint density at radius 3 is 2.78 bits per heavy atom. The maximum Gasteiger partial charge on any atom is 0.155 e. The zero-order chi connectivity index (χ0) is 13.3. The topological polar surface area (TPSA) is 62.5 Å². The smallest absolute Gasteiger partial charge is 0.155 e. The number of fused-ring (bicyclic) bond motifs is 1. The molecule has 0 bridgehead atoms. The van der Waals surface area contributed by atoms with Gasteiger partial charge in [0, 0.05) is 35.6 Å². The van der Waals surface area contributed by atoms with Crippen LogP contribution in [0.1, 0.15) is 36.8 Å². The van der Waals surface area contributed by atoms with Crippen molar-refractivity contribution in [3.8, 4) is 0 Å². The average molecular weight is 248 g/mol. The number of nitrogens with one attached hydrogen (secondary N) is 1. The van der Waals surface area contributed by atoms with Crippen LogP contribution in [0.3, 0.4) is 0 Å². The quantitative estimate of drug-likeness (QED) is 0.858. The first-order chi connectivity index (χ1) is 8.52. The summed E-state index contributed by atoms with van der Waals surface area (Å²) in [6.45, 7) is 8.15. The zero-order valence-electron chi connectivity index (χ0n) is 11.3. The predicted octanol–water partition coefficient (Wildman–Crippen LogP) is 1.38. The molecule has 2 N–H and O–H groups in total. The second-order valence-electron chi connectivity index (χ2n) is 4.83. The molecule has 2 heterocycles. The van der Waals surface area contributed by atoms with E-state index in [4.69, 9.17) is 5.11 Å². The Hall–Kier alpha value is -1.46. The molecule has 5 nitrogen and oxygen atoms in total. The third kappa shape index (κ3) is 2.37. The SMILES string of the molecule is Cc1cc2ncc(C(C)N[C@H](C)CO)c(C)n2n1. The van der Waals surface area contributed by atoms with E-state index in [1.54, 1.807) is 0 Å². The Labute approximate surface area is 107 Å². The molecule has 0 spiro atoms. The minimum Gasteiger partial charge on any atom is -0.395 e. The standard InChI is InChI=1S/C13H20N4O/c1-8-5-13-14-6-12(11(4)17(13)16-8)10(3)15-9(2)7-18/h5-6,9-10,15,18H,7H2,1-4H3/t9-,10?/m1/s1. The fraction of sp³-hybridized carbons (Fsp3) is 0.538. The number of aryl methyl sites for hydroxylation is 2. The summed E-state index contributed by atoms with van der Waals surface area (Å²) < 4.78 is 1.87. The first kappa shape index (κ1) is 13.0. The van der Waals surface area contributed by atoms with Gasteiger partial charge >= 0.3 is 0 Å². The van der Waals surface area contributed by atoms with E-state index in [0.717, 1.165) is 22.6 Å². The normalized spacial score (nSPS) is 14.9. The Morgan fingerprint density at radius 1 is 1.39 bits per heavy atom. The van der Waals surface area contributed by atoms with E-state index in [1.807, 2.05) is 37.5 Å². The van der Waals surface area contributed by atoms with Gasteiger partial charge in [0.05, 0.1) is 12.3 Å². The Bertz CT molecular complexity index is 549. The van der Waals surface area contributed by atoms with E-state index >= 15 is 0 Å². The number of aliphatic hydroxyl groups is 1. The van der Waals surface area contributed by atoms with Gasteiger partial charge in [-0.1, -0.05) is 0 Å². The number of hydrogen-bond donors (Lipinski definition) is 2. The molecule has 0 aliphatic heterocycles. The number of aliphatic hydroxyl groups excluding tert-OH is 1. The highest BCUT2D eigenvalue weighted by Gasteiger charge is 2.14. The molecule has 0 saturated carbocycles. The fourth-order valence-corrected chi connectivity index (χ4v) is 2.17. The Kier molecular flexibility index (Phi) is 3.63. The summed E-state index contributed by atoms with van der Waals surface area (Å²) in [5.74, 6) is 0. The second kappa shape index (κ2) is 5.04. The first-order valence-electron chi connectivity index (χ1n) is 6.21. The van der Waals surface area contributed by atoms with Crippen molar-refractivity contribution < 1.29 is 5.11 Å². The Morgan fingerprint density at radius 2 is 2.11 bits per heavy atom. The van der Waals surface area contributed by atoms with Gasteiger partial charge in [-0.3, -0.25) is 0 Å². The van der Waals surface area contributed by atoms with E-state index in [-0.39, 0.29) is 18.7 Å². The monoisotopic (exact) mass is 248 g/mol. The van der Waals surface area contributed by atoms with Gasteiger partial charge < -0.3 is 10.4 Å². The van der Waals surface area contributed by atoms with Gasteiger partial charge in [0.25, 0.3) is 0 Å². The van der Waals surface area contributed by atoms with Crippen LogP contribution in [0, 0.1) is 13.8 Å². The maximum atomic E-state index is 9.08. The molecule has 1 unspecified atom stereocenters. The highest BCUT2D eigenvalue weighted by Crippen LogP contribution is 2.18. The van der Waals surface area contributed by atoms with Crippen LogP contribution >= 0.6 is 0 Å². The summed E-state index contributed by atoms with van der Waals surface area (Å²) in [5.41, 5.74) is 4.02. The van der Waals surface area contributed by atoms with E-state index < -0.39 is 0 Å². The molecule has 2 aromatic rings. The van der Waals surface area contributed by atoms with Crippen LogP contribution in [0.15, 0.2) is 12.3 Å². The van der Waals surface area contributed by atoms with E-state index in [9.17, 15) is 0 Å². The molecule has 0 aliphatic rings. The molecule has 0 aliphatic carbocycles. The Balaban J connectivity index is 2.36. The zero-order valence-corrected chi connectivity index (χ0v) is 11.3. The summed E-state index contributed by atoms with van der Waals surface area (Å²) in [5, 5.41) is 16.8. The molecule has 5 heteroatoms. The van der Waals surface area contributed by atoms with E-state index in [0.29, 0.717) is 0 Å². The number of aromatic nitrogens is 3. The molecule has 0 amide bonds. The second-order valence-corrected chi connectivity index (χ2v) is 4.83. The van der Waals surface area contributed by atoms with Crippen LogP contribution < -0.4 is 5.32 Å². The largest absolute Gasteiger partial charge is 0.395 e. The van der Waals surface area contributed by atoms with Gasteiger partial charge in [-0.25, -0.2) is 9.50 Å². The lowest BCUT2D eigenvalue weighted by atomic mass is 10.1. The minimum atomic E-state index is 0.0643. The predicted molar refractivity (Wildman–Crippen MR) is 70.6 cm³/mol. The highest BCUT2D eigenvalue weighted by atomic mass is 16.3. The van der Waals surface area contributed by atoms with Crippen molar-refractivity contribution in [1.82, 2.24) is 19.9 Å². The van der Waals surface area contributed by atoms with Crippen molar-refractivity contribution in [3.63, 3.8) is 0 Å². The molecule has 2 aromatic heterocycles. The van der Waals surface area contributed by atoms with Crippen LogP contribution in [0.25, 0.3) is 5.65 Å². The summed E-state index contributed by atoms with van der Waals surface area (Å²) >= 11 is 0. The third-order valence-electron chi connectivity index (χ3n) is 3.16. The maximum absolute atomic E-state index is 9.08. The summed E-state index contributed by atoms with van der Waals surface area (Å²) in [6.07, 6.45) is 1.88. The van der Waals surface area contributed by atoms with Gasteiger partial charge in [-0.05, 0) is 27.7 Å². The van der Waals surface area contributed by atoms with Gasteiger partial charge in [0.15, 0.2) is 5.65 Å².